The molecule has 0 saturated carbocycles. The number of nitrogen functional groups attached to an aromatic ring is 1. The van der Waals surface area contributed by atoms with Crippen LogP contribution in [-0.2, 0) is 11.2 Å². The monoisotopic (exact) mass is 467 g/mol. The van der Waals surface area contributed by atoms with Gasteiger partial charge >= 0.3 is 0 Å². The zero-order chi connectivity index (χ0) is 22.7. The molecule has 9 heteroatoms. The van der Waals surface area contributed by atoms with Gasteiger partial charge in [0.25, 0.3) is 0 Å². The molecule has 6 rings (SSSR count). The van der Waals surface area contributed by atoms with Gasteiger partial charge in [-0.1, -0.05) is 6.07 Å². The number of aryl methyl sites for hydroxylation is 1. The molecule has 1 unspecified atom stereocenters. The number of nitrogens with two attached hydrogens (primary N) is 2. The lowest BCUT2D eigenvalue weighted by molar-refractivity contribution is -0.106. The van der Waals surface area contributed by atoms with Crippen molar-refractivity contribution in [1.29, 1.82) is 0 Å². The Morgan fingerprint density at radius 1 is 1.30 bits per heavy atom. The van der Waals surface area contributed by atoms with Crippen LogP contribution in [0.2, 0.25) is 0 Å². The Morgan fingerprint density at radius 2 is 2.15 bits per heavy atom. The maximum absolute atomic E-state index is 10.9. The van der Waals surface area contributed by atoms with Gasteiger partial charge in [-0.2, -0.15) is 0 Å². The second kappa shape index (κ2) is 7.82. The van der Waals surface area contributed by atoms with Gasteiger partial charge in [0, 0.05) is 48.0 Å². The van der Waals surface area contributed by atoms with Crippen molar-refractivity contribution in [2.45, 2.75) is 31.7 Å². The summed E-state index contributed by atoms with van der Waals surface area (Å²) in [4.78, 5) is 8.42. The Morgan fingerprint density at radius 3 is 2.91 bits per heavy atom. The van der Waals surface area contributed by atoms with E-state index in [1.807, 2.05) is 19.1 Å². The van der Waals surface area contributed by atoms with Crippen LogP contribution < -0.4 is 26.4 Å². The van der Waals surface area contributed by atoms with E-state index in [-0.39, 0.29) is 17.5 Å². The van der Waals surface area contributed by atoms with Crippen molar-refractivity contribution in [2.75, 3.05) is 43.5 Å². The molecule has 1 aromatic carbocycles. The topological polar surface area (TPSA) is 119 Å². The van der Waals surface area contributed by atoms with Crippen molar-refractivity contribution in [3.05, 3.63) is 46.5 Å². The van der Waals surface area contributed by atoms with Gasteiger partial charge < -0.3 is 30.9 Å². The summed E-state index contributed by atoms with van der Waals surface area (Å²) in [5, 5.41) is 15.0. The van der Waals surface area contributed by atoms with Gasteiger partial charge in [0.2, 0.25) is 0 Å². The summed E-state index contributed by atoms with van der Waals surface area (Å²) >= 11 is 1.43. The minimum Gasteiger partial charge on any atom is -0.492 e. The summed E-state index contributed by atoms with van der Waals surface area (Å²) < 4.78 is 11.5. The highest BCUT2D eigenvalue weighted by Gasteiger charge is 2.50. The van der Waals surface area contributed by atoms with E-state index in [0.717, 1.165) is 65.6 Å². The van der Waals surface area contributed by atoms with Crippen molar-refractivity contribution in [2.24, 2.45) is 11.1 Å². The number of thiophene rings is 1. The molecular formula is C24H29N5O3S. The molecule has 3 atom stereocenters. The third-order valence-corrected chi connectivity index (χ3v) is 8.38. The van der Waals surface area contributed by atoms with E-state index < -0.39 is 6.23 Å². The Balaban J connectivity index is 1.15. The summed E-state index contributed by atoms with van der Waals surface area (Å²) in [7, 11) is 0. The molecule has 33 heavy (non-hydrogen) atoms. The first-order valence-corrected chi connectivity index (χ1v) is 12.2. The normalized spacial score (nSPS) is 24.5. The molecule has 0 bridgehead atoms. The van der Waals surface area contributed by atoms with Crippen molar-refractivity contribution in [1.82, 2.24) is 10.3 Å². The third-order valence-electron chi connectivity index (χ3n) is 7.21. The zero-order valence-corrected chi connectivity index (χ0v) is 19.4. The fraction of sp³-hybridized carbons (Fsp3) is 0.458. The van der Waals surface area contributed by atoms with E-state index in [4.69, 9.17) is 20.9 Å². The van der Waals surface area contributed by atoms with Gasteiger partial charge in [-0.3, -0.25) is 5.32 Å². The Labute approximate surface area is 196 Å². The fourth-order valence-electron chi connectivity index (χ4n) is 5.13. The van der Waals surface area contributed by atoms with Gasteiger partial charge in [0.15, 0.2) is 0 Å². The first-order chi connectivity index (χ1) is 15.9. The number of aliphatic hydroxyl groups excluding tert-OH is 1. The summed E-state index contributed by atoms with van der Waals surface area (Å²) in [5.41, 5.74) is 16.6. The second-order valence-corrected chi connectivity index (χ2v) is 10.6. The number of rotatable bonds is 4. The Hall–Kier alpha value is -2.43. The molecule has 3 aromatic rings. The molecule has 174 valence electrons. The zero-order valence-electron chi connectivity index (χ0n) is 18.6. The number of benzene rings is 1. The van der Waals surface area contributed by atoms with Gasteiger partial charge in [-0.05, 0) is 37.1 Å². The predicted octanol–water partition coefficient (Wildman–Crippen LogP) is 1.94. The maximum Gasteiger partial charge on any atom is 0.142 e. The van der Waals surface area contributed by atoms with E-state index in [9.17, 15) is 5.11 Å². The van der Waals surface area contributed by atoms with Crippen LogP contribution in [0.4, 0.5) is 11.4 Å². The van der Waals surface area contributed by atoms with Gasteiger partial charge in [-0.25, -0.2) is 4.98 Å². The van der Waals surface area contributed by atoms with E-state index in [1.165, 1.54) is 11.3 Å². The minimum atomic E-state index is -0.870. The fourth-order valence-corrected chi connectivity index (χ4v) is 6.22. The molecule has 3 aliphatic heterocycles. The maximum atomic E-state index is 10.9. The SMILES string of the molecule is Cc1ccc2c(N)c(C(O)N[C@H]3COc4cc(N5C[C@@H](N)C6(COC6)C5)ccc4C3)sc2n1. The average Bonchev–Trinajstić information content (AvgIpc) is 3.30. The molecule has 0 aliphatic carbocycles. The number of hydrogen-bond acceptors (Lipinski definition) is 9. The van der Waals surface area contributed by atoms with Crippen LogP contribution in [0.25, 0.3) is 10.2 Å². The lowest BCUT2D eigenvalue weighted by Crippen LogP contribution is -2.54. The minimum absolute atomic E-state index is 0.0201. The molecule has 6 N–H and O–H groups in total. The largest absolute Gasteiger partial charge is 0.492 e. The first kappa shape index (κ1) is 21.1. The van der Waals surface area contributed by atoms with Crippen LogP contribution in [-0.4, -0.2) is 55.1 Å². The number of nitrogens with one attached hydrogen (secondary N) is 1. The number of ether oxygens (including phenoxy) is 2. The number of pyridine rings is 1. The van der Waals surface area contributed by atoms with Crippen molar-refractivity contribution >= 4 is 32.9 Å². The van der Waals surface area contributed by atoms with Crippen molar-refractivity contribution in [3.63, 3.8) is 0 Å². The highest BCUT2D eigenvalue weighted by atomic mass is 32.1. The van der Waals surface area contributed by atoms with Crippen LogP contribution in [0.3, 0.4) is 0 Å². The van der Waals surface area contributed by atoms with Crippen molar-refractivity contribution < 1.29 is 14.6 Å². The number of anilines is 2. The van der Waals surface area contributed by atoms with Crippen LogP contribution in [0.15, 0.2) is 30.3 Å². The number of aliphatic hydroxyl groups is 1. The number of fused-ring (bicyclic) bond motifs is 2. The van der Waals surface area contributed by atoms with Crippen LogP contribution >= 0.6 is 11.3 Å². The lowest BCUT2D eigenvalue weighted by atomic mass is 9.82. The molecule has 5 heterocycles. The average molecular weight is 468 g/mol. The second-order valence-electron chi connectivity index (χ2n) is 9.60. The molecule has 2 saturated heterocycles. The van der Waals surface area contributed by atoms with Crippen LogP contribution in [0.5, 0.6) is 5.75 Å². The molecule has 8 nitrogen and oxygen atoms in total. The molecule has 0 radical (unpaired) electrons. The van der Waals surface area contributed by atoms with E-state index in [1.54, 1.807) is 0 Å². The quantitative estimate of drug-likeness (QED) is 0.430. The molecular weight excluding hydrogens is 438 g/mol. The van der Waals surface area contributed by atoms with Crippen LogP contribution in [0.1, 0.15) is 22.4 Å². The summed E-state index contributed by atoms with van der Waals surface area (Å²) in [6.45, 7) is 5.69. The van der Waals surface area contributed by atoms with Gasteiger partial charge in [0.1, 0.15) is 23.4 Å². The third kappa shape index (κ3) is 3.55. The first-order valence-electron chi connectivity index (χ1n) is 11.4. The highest BCUT2D eigenvalue weighted by Crippen LogP contribution is 2.41. The molecule has 2 aromatic heterocycles. The molecule has 3 aliphatic rings. The molecule has 2 fully saturated rings. The number of nitrogens with zero attached hydrogens (tertiary/aromatic N) is 2. The summed E-state index contributed by atoms with van der Waals surface area (Å²) in [6, 6.07) is 10.4. The van der Waals surface area contributed by atoms with Gasteiger partial charge in [-0.15, -0.1) is 11.3 Å². The van der Waals surface area contributed by atoms with E-state index in [2.05, 4.69) is 33.4 Å². The van der Waals surface area contributed by atoms with E-state index in [0.29, 0.717) is 17.2 Å². The van der Waals surface area contributed by atoms with E-state index >= 15 is 0 Å². The summed E-state index contributed by atoms with van der Waals surface area (Å²) in [6.07, 6.45) is -0.0996. The molecule has 1 spiro atoms. The summed E-state index contributed by atoms with van der Waals surface area (Å²) in [5.74, 6) is 0.903. The standard InChI is InChI=1S/C24H29N5O3S/c1-13-2-5-17-20(26)21(33-23(17)27-13)22(30)28-15-6-14-3-4-16(7-18(14)32-9-15)29-8-19(25)24(10-29)11-31-12-24/h2-5,7,15,19,22,28,30H,6,8-12,25-26H2,1H3/t15-,19-,22?/m1/s1. The van der Waals surface area contributed by atoms with Crippen LogP contribution in [0, 0.1) is 12.3 Å². The predicted molar refractivity (Wildman–Crippen MR) is 130 cm³/mol. The lowest BCUT2D eigenvalue weighted by Gasteiger charge is -2.40. The number of aromatic nitrogens is 1. The van der Waals surface area contributed by atoms with Gasteiger partial charge in [0.05, 0.1) is 29.2 Å². The smallest absolute Gasteiger partial charge is 0.142 e. The van der Waals surface area contributed by atoms with Crippen molar-refractivity contribution in [3.8, 4) is 5.75 Å². The highest BCUT2D eigenvalue weighted by molar-refractivity contribution is 7.19. The number of hydrogen-bond donors (Lipinski definition) is 4. The molecule has 0 amide bonds. The Bertz CT molecular complexity index is 1210. The Kier molecular flexibility index (Phi) is 5.00.